The zero-order chi connectivity index (χ0) is 10.8. The van der Waals surface area contributed by atoms with E-state index >= 15 is 0 Å². The van der Waals surface area contributed by atoms with Gasteiger partial charge in [0.25, 0.3) is 0 Å². The molecule has 0 N–H and O–H groups in total. The number of rotatable bonds is 2. The quantitative estimate of drug-likeness (QED) is 0.615. The van der Waals surface area contributed by atoms with Gasteiger partial charge in [-0.15, -0.1) is 11.6 Å². The Morgan fingerprint density at radius 3 is 2.87 bits per heavy atom. The first kappa shape index (κ1) is 10.9. The molecule has 15 heavy (non-hydrogen) atoms. The molecule has 78 valence electrons. The van der Waals surface area contributed by atoms with Crippen molar-refractivity contribution < 1.29 is 8.81 Å². The highest BCUT2D eigenvalue weighted by Gasteiger charge is 2.10. The highest BCUT2D eigenvalue weighted by atomic mass is 127. The first-order valence-electron chi connectivity index (χ1n) is 4.16. The summed E-state index contributed by atoms with van der Waals surface area (Å²) in [7, 11) is 0. The van der Waals surface area contributed by atoms with Crippen molar-refractivity contribution in [3.63, 3.8) is 0 Å². The van der Waals surface area contributed by atoms with Gasteiger partial charge in [-0.2, -0.15) is 0 Å². The minimum atomic E-state index is -0.271. The van der Waals surface area contributed by atoms with Crippen molar-refractivity contribution in [3.8, 4) is 11.5 Å². The third-order valence-corrected chi connectivity index (χ3v) is 3.02. The standard InChI is InChI=1S/C10H6ClFINO/c11-4-7-5-15-10(14-7)8-2-1-6(12)3-9(8)13/h1-3,5H,4H2. The smallest absolute Gasteiger partial charge is 0.227 e. The summed E-state index contributed by atoms with van der Waals surface area (Å²) in [5.41, 5.74) is 1.44. The number of benzene rings is 1. The van der Waals surface area contributed by atoms with E-state index in [0.717, 1.165) is 9.13 Å². The molecule has 1 aromatic carbocycles. The van der Waals surface area contributed by atoms with E-state index < -0.39 is 0 Å². The van der Waals surface area contributed by atoms with E-state index in [0.29, 0.717) is 17.5 Å². The van der Waals surface area contributed by atoms with Gasteiger partial charge in [-0.3, -0.25) is 0 Å². The van der Waals surface area contributed by atoms with Gasteiger partial charge in [0.2, 0.25) is 5.89 Å². The minimum Gasteiger partial charge on any atom is -0.444 e. The summed E-state index contributed by atoms with van der Waals surface area (Å²) < 4.78 is 18.9. The van der Waals surface area contributed by atoms with Crippen LogP contribution in [-0.2, 0) is 5.88 Å². The molecule has 0 amide bonds. The van der Waals surface area contributed by atoms with Crippen molar-refractivity contribution in [1.29, 1.82) is 0 Å². The second kappa shape index (κ2) is 4.49. The van der Waals surface area contributed by atoms with Crippen LogP contribution in [0, 0.1) is 9.39 Å². The van der Waals surface area contributed by atoms with Gasteiger partial charge in [-0.25, -0.2) is 9.37 Å². The molecule has 2 nitrogen and oxygen atoms in total. The van der Waals surface area contributed by atoms with E-state index in [9.17, 15) is 4.39 Å². The van der Waals surface area contributed by atoms with Crippen LogP contribution in [0.15, 0.2) is 28.9 Å². The maximum atomic E-state index is 12.9. The van der Waals surface area contributed by atoms with Gasteiger partial charge in [0.05, 0.1) is 17.1 Å². The zero-order valence-electron chi connectivity index (χ0n) is 7.51. The van der Waals surface area contributed by atoms with Gasteiger partial charge in [-0.1, -0.05) is 0 Å². The molecule has 0 radical (unpaired) electrons. The number of nitrogens with zero attached hydrogens (tertiary/aromatic N) is 1. The summed E-state index contributed by atoms with van der Waals surface area (Å²) in [6.07, 6.45) is 1.50. The van der Waals surface area contributed by atoms with Crippen molar-refractivity contribution >= 4 is 34.2 Å². The van der Waals surface area contributed by atoms with Gasteiger partial charge in [-0.05, 0) is 40.8 Å². The van der Waals surface area contributed by atoms with Crippen LogP contribution in [0.3, 0.4) is 0 Å². The summed E-state index contributed by atoms with van der Waals surface area (Å²) in [6, 6.07) is 4.45. The Morgan fingerprint density at radius 1 is 1.47 bits per heavy atom. The SMILES string of the molecule is Fc1ccc(-c2nc(CCl)co2)c(I)c1. The van der Waals surface area contributed by atoms with E-state index in [2.05, 4.69) is 4.98 Å². The van der Waals surface area contributed by atoms with E-state index in [1.807, 2.05) is 22.6 Å². The van der Waals surface area contributed by atoms with Crippen LogP contribution in [0.1, 0.15) is 5.69 Å². The lowest BCUT2D eigenvalue weighted by atomic mass is 10.2. The Bertz CT molecular complexity index is 486. The van der Waals surface area contributed by atoms with Crippen LogP contribution in [0.4, 0.5) is 4.39 Å². The van der Waals surface area contributed by atoms with E-state index in [1.54, 1.807) is 6.07 Å². The Kier molecular flexibility index (Phi) is 3.25. The molecule has 1 aromatic heterocycles. The van der Waals surface area contributed by atoms with Crippen LogP contribution in [0.5, 0.6) is 0 Å². The fraction of sp³-hybridized carbons (Fsp3) is 0.100. The number of oxazole rings is 1. The molecule has 2 aromatic rings. The molecule has 5 heteroatoms. The summed E-state index contributed by atoms with van der Waals surface area (Å²) >= 11 is 7.65. The molecule has 0 spiro atoms. The molecule has 0 bridgehead atoms. The number of halogens is 3. The van der Waals surface area contributed by atoms with Crippen molar-refractivity contribution in [2.24, 2.45) is 0 Å². The first-order valence-corrected chi connectivity index (χ1v) is 5.78. The fourth-order valence-electron chi connectivity index (χ4n) is 1.15. The molecular weight excluding hydrogens is 331 g/mol. The van der Waals surface area contributed by atoms with E-state index in [-0.39, 0.29) is 5.82 Å². The highest BCUT2D eigenvalue weighted by molar-refractivity contribution is 14.1. The molecule has 0 aliphatic carbocycles. The third-order valence-electron chi connectivity index (χ3n) is 1.85. The molecule has 2 rings (SSSR count). The molecule has 0 fully saturated rings. The lowest BCUT2D eigenvalue weighted by molar-refractivity contribution is 0.572. The molecule has 1 heterocycles. The van der Waals surface area contributed by atoms with Crippen LogP contribution in [0.2, 0.25) is 0 Å². The lowest BCUT2D eigenvalue weighted by Gasteiger charge is -1.98. The number of hydrogen-bond donors (Lipinski definition) is 0. The molecule has 0 atom stereocenters. The van der Waals surface area contributed by atoms with Crippen LogP contribution in [0.25, 0.3) is 11.5 Å². The molecular formula is C10H6ClFINO. The second-order valence-electron chi connectivity index (χ2n) is 2.90. The monoisotopic (exact) mass is 337 g/mol. The van der Waals surface area contributed by atoms with Crippen LogP contribution >= 0.6 is 34.2 Å². The van der Waals surface area contributed by atoms with Gasteiger partial charge in [0.15, 0.2) is 0 Å². The topological polar surface area (TPSA) is 26.0 Å². The zero-order valence-corrected chi connectivity index (χ0v) is 10.4. The van der Waals surface area contributed by atoms with Crippen molar-refractivity contribution in [3.05, 3.63) is 39.5 Å². The third kappa shape index (κ3) is 2.31. The minimum absolute atomic E-state index is 0.271. The average Bonchev–Trinajstić information content (AvgIpc) is 2.66. The maximum Gasteiger partial charge on any atom is 0.227 e. The molecule has 0 aliphatic heterocycles. The Labute approximate surface area is 105 Å². The maximum absolute atomic E-state index is 12.9. The van der Waals surface area contributed by atoms with Crippen molar-refractivity contribution in [2.75, 3.05) is 0 Å². The summed E-state index contributed by atoms with van der Waals surface area (Å²) in [4.78, 5) is 4.16. The number of aromatic nitrogens is 1. The van der Waals surface area contributed by atoms with Crippen molar-refractivity contribution in [2.45, 2.75) is 5.88 Å². The van der Waals surface area contributed by atoms with E-state index in [4.69, 9.17) is 16.0 Å². The van der Waals surface area contributed by atoms with Crippen LogP contribution in [-0.4, -0.2) is 4.98 Å². The molecule has 0 unspecified atom stereocenters. The number of hydrogen-bond acceptors (Lipinski definition) is 2. The molecule has 0 saturated heterocycles. The first-order chi connectivity index (χ1) is 7.20. The lowest BCUT2D eigenvalue weighted by Crippen LogP contribution is -1.85. The predicted octanol–water partition coefficient (Wildman–Crippen LogP) is 3.82. The second-order valence-corrected chi connectivity index (χ2v) is 4.33. The highest BCUT2D eigenvalue weighted by Crippen LogP contribution is 2.25. The van der Waals surface area contributed by atoms with Crippen molar-refractivity contribution in [1.82, 2.24) is 4.98 Å². The van der Waals surface area contributed by atoms with E-state index in [1.165, 1.54) is 18.4 Å². The summed E-state index contributed by atoms with van der Waals surface area (Å²) in [5.74, 6) is 0.503. The molecule has 0 aliphatic rings. The van der Waals surface area contributed by atoms with Crippen LogP contribution < -0.4 is 0 Å². The summed E-state index contributed by atoms with van der Waals surface area (Å²) in [6.45, 7) is 0. The Hall–Kier alpha value is -0.620. The Balaban J connectivity index is 2.44. The Morgan fingerprint density at radius 2 is 2.27 bits per heavy atom. The normalized spacial score (nSPS) is 10.6. The molecule has 0 saturated carbocycles. The van der Waals surface area contributed by atoms with Gasteiger partial charge in [0, 0.05) is 3.57 Å². The fourth-order valence-corrected chi connectivity index (χ4v) is 1.99. The predicted molar refractivity (Wildman–Crippen MR) is 64.2 cm³/mol. The van der Waals surface area contributed by atoms with Gasteiger partial charge < -0.3 is 4.42 Å². The summed E-state index contributed by atoms with van der Waals surface area (Å²) in [5, 5.41) is 0. The average molecular weight is 338 g/mol. The van der Waals surface area contributed by atoms with Gasteiger partial charge >= 0.3 is 0 Å². The largest absolute Gasteiger partial charge is 0.444 e. The number of alkyl halides is 1. The van der Waals surface area contributed by atoms with Gasteiger partial charge in [0.1, 0.15) is 12.1 Å².